The fourth-order valence-electron chi connectivity index (χ4n) is 4.82. The number of halogens is 1. The third-order valence-corrected chi connectivity index (χ3v) is 8.38. The number of H-pyrrole nitrogens is 1. The standard InChI is InChI=1S/C30H32FN3O4S/c1-30(2,3)20-7-10-24(11-8-20)39(36,37)34-23-9-12-26-25(18-23)27(19-5-4-6-21(31)17-19)28(33-26)29(35)32-22-13-15-38-16-14-22/h4-12,17-18,22,33-34H,13-16H2,1-3H3,(H,32,35). The van der Waals surface area contributed by atoms with Crippen molar-refractivity contribution in [3.63, 3.8) is 0 Å². The minimum absolute atomic E-state index is 0.0231. The smallest absolute Gasteiger partial charge is 0.268 e. The molecule has 7 nitrogen and oxygen atoms in total. The van der Waals surface area contributed by atoms with Crippen molar-refractivity contribution in [3.8, 4) is 11.1 Å². The lowest BCUT2D eigenvalue weighted by Crippen LogP contribution is -2.39. The number of hydrogen-bond acceptors (Lipinski definition) is 4. The largest absolute Gasteiger partial charge is 0.381 e. The molecule has 1 aromatic heterocycles. The number of hydrogen-bond donors (Lipinski definition) is 3. The molecule has 1 aliphatic heterocycles. The molecule has 9 heteroatoms. The monoisotopic (exact) mass is 549 g/mol. The molecule has 0 atom stereocenters. The zero-order valence-electron chi connectivity index (χ0n) is 22.2. The van der Waals surface area contributed by atoms with E-state index >= 15 is 0 Å². The fraction of sp³-hybridized carbons (Fsp3) is 0.300. The number of carbonyl (C=O) groups is 1. The van der Waals surface area contributed by atoms with Crippen molar-refractivity contribution < 1.29 is 22.3 Å². The number of anilines is 1. The second-order valence-corrected chi connectivity index (χ2v) is 12.6. The quantitative estimate of drug-likeness (QED) is 0.275. The van der Waals surface area contributed by atoms with Gasteiger partial charge in [0.15, 0.2) is 0 Å². The van der Waals surface area contributed by atoms with Gasteiger partial charge in [-0.2, -0.15) is 0 Å². The molecule has 1 saturated heterocycles. The van der Waals surface area contributed by atoms with Crippen molar-refractivity contribution in [1.29, 1.82) is 0 Å². The van der Waals surface area contributed by atoms with Crippen LogP contribution in [0.2, 0.25) is 0 Å². The molecule has 1 aliphatic rings. The number of sulfonamides is 1. The summed E-state index contributed by atoms with van der Waals surface area (Å²) in [4.78, 5) is 16.7. The Morgan fingerprint density at radius 2 is 1.72 bits per heavy atom. The predicted molar refractivity (Wildman–Crippen MR) is 151 cm³/mol. The van der Waals surface area contributed by atoms with Gasteiger partial charge >= 0.3 is 0 Å². The summed E-state index contributed by atoms with van der Waals surface area (Å²) in [6.07, 6.45) is 1.42. The van der Waals surface area contributed by atoms with Gasteiger partial charge in [-0.25, -0.2) is 12.8 Å². The average Bonchev–Trinajstić information content (AvgIpc) is 3.28. The first kappa shape index (κ1) is 26.9. The van der Waals surface area contributed by atoms with Crippen molar-refractivity contribution >= 4 is 32.5 Å². The van der Waals surface area contributed by atoms with Gasteiger partial charge in [0.2, 0.25) is 0 Å². The van der Waals surface area contributed by atoms with E-state index in [4.69, 9.17) is 4.74 Å². The fourth-order valence-corrected chi connectivity index (χ4v) is 5.87. The van der Waals surface area contributed by atoms with E-state index in [-0.39, 0.29) is 22.3 Å². The lowest BCUT2D eigenvalue weighted by atomic mass is 9.87. The van der Waals surface area contributed by atoms with E-state index in [2.05, 4.69) is 35.8 Å². The Kier molecular flexibility index (Phi) is 7.22. The van der Waals surface area contributed by atoms with Crippen LogP contribution in [0, 0.1) is 5.82 Å². The molecule has 0 saturated carbocycles. The first-order valence-electron chi connectivity index (χ1n) is 12.9. The highest BCUT2D eigenvalue weighted by atomic mass is 32.2. The SMILES string of the molecule is CC(C)(C)c1ccc(S(=O)(=O)Nc2ccc3[nH]c(C(=O)NC4CCOCC4)c(-c4cccc(F)c4)c3c2)cc1. The Hall–Kier alpha value is -3.69. The predicted octanol–water partition coefficient (Wildman–Crippen LogP) is 5.98. The Bertz CT molecular complexity index is 1620. The third-order valence-electron chi connectivity index (χ3n) is 6.98. The van der Waals surface area contributed by atoms with Crippen LogP contribution in [0.25, 0.3) is 22.0 Å². The summed E-state index contributed by atoms with van der Waals surface area (Å²) in [5.41, 5.74) is 3.19. The Morgan fingerprint density at radius 3 is 2.38 bits per heavy atom. The van der Waals surface area contributed by atoms with Gasteiger partial charge in [-0.1, -0.05) is 45.0 Å². The lowest BCUT2D eigenvalue weighted by molar-refractivity contribution is 0.0695. The average molecular weight is 550 g/mol. The number of amides is 1. The van der Waals surface area contributed by atoms with Crippen LogP contribution in [-0.4, -0.2) is 38.6 Å². The van der Waals surface area contributed by atoms with Gasteiger partial charge in [-0.05, 0) is 71.8 Å². The van der Waals surface area contributed by atoms with E-state index in [1.54, 1.807) is 42.5 Å². The summed E-state index contributed by atoms with van der Waals surface area (Å²) in [5, 5.41) is 3.65. The van der Waals surface area contributed by atoms with E-state index < -0.39 is 15.8 Å². The maximum Gasteiger partial charge on any atom is 0.268 e. The van der Waals surface area contributed by atoms with Crippen molar-refractivity contribution in [2.24, 2.45) is 0 Å². The van der Waals surface area contributed by atoms with Gasteiger partial charge in [0.25, 0.3) is 15.9 Å². The number of fused-ring (bicyclic) bond motifs is 1. The molecular weight excluding hydrogens is 517 g/mol. The normalized spacial score (nSPS) is 14.9. The molecule has 0 aliphatic carbocycles. The van der Waals surface area contributed by atoms with Crippen molar-refractivity contribution in [2.45, 2.75) is 50.0 Å². The molecule has 5 rings (SSSR count). The summed E-state index contributed by atoms with van der Waals surface area (Å²) < 4.78 is 48.7. The van der Waals surface area contributed by atoms with Crippen molar-refractivity contribution in [2.75, 3.05) is 17.9 Å². The maximum absolute atomic E-state index is 14.2. The molecular formula is C30H32FN3O4S. The molecule has 3 N–H and O–H groups in total. The number of aromatic nitrogens is 1. The van der Waals surface area contributed by atoms with Gasteiger partial charge in [0, 0.05) is 41.4 Å². The molecule has 204 valence electrons. The van der Waals surface area contributed by atoms with Crippen LogP contribution in [0.3, 0.4) is 0 Å². The topological polar surface area (TPSA) is 100 Å². The highest BCUT2D eigenvalue weighted by Crippen LogP contribution is 2.35. The number of ether oxygens (including phenoxy) is 1. The molecule has 0 unspecified atom stereocenters. The Balaban J connectivity index is 1.52. The van der Waals surface area contributed by atoms with Crippen LogP contribution in [0.15, 0.2) is 71.6 Å². The summed E-state index contributed by atoms with van der Waals surface area (Å²) in [6.45, 7) is 7.35. The Morgan fingerprint density at radius 1 is 1.00 bits per heavy atom. The highest BCUT2D eigenvalue weighted by molar-refractivity contribution is 7.92. The van der Waals surface area contributed by atoms with Gasteiger partial charge in [0.1, 0.15) is 11.5 Å². The van der Waals surface area contributed by atoms with Crippen LogP contribution < -0.4 is 10.0 Å². The third kappa shape index (κ3) is 5.84. The van der Waals surface area contributed by atoms with Crippen molar-refractivity contribution in [3.05, 3.63) is 83.8 Å². The van der Waals surface area contributed by atoms with Crippen LogP contribution in [0.4, 0.5) is 10.1 Å². The summed E-state index contributed by atoms with van der Waals surface area (Å²) in [5.74, 6) is -0.744. The maximum atomic E-state index is 14.2. The number of carbonyl (C=O) groups excluding carboxylic acids is 1. The molecule has 0 spiro atoms. The minimum Gasteiger partial charge on any atom is -0.381 e. The van der Waals surface area contributed by atoms with E-state index in [1.165, 1.54) is 12.1 Å². The number of rotatable bonds is 6. The van der Waals surface area contributed by atoms with E-state index in [0.29, 0.717) is 59.5 Å². The molecule has 4 aromatic rings. The van der Waals surface area contributed by atoms with Gasteiger partial charge in [-0.15, -0.1) is 0 Å². The number of benzene rings is 3. The van der Waals surface area contributed by atoms with Gasteiger partial charge in [-0.3, -0.25) is 9.52 Å². The molecule has 3 aromatic carbocycles. The first-order valence-corrected chi connectivity index (χ1v) is 14.4. The molecule has 0 radical (unpaired) electrons. The van der Waals surface area contributed by atoms with Gasteiger partial charge < -0.3 is 15.0 Å². The van der Waals surface area contributed by atoms with Crippen LogP contribution in [0.1, 0.15) is 49.7 Å². The Labute approximate surface area is 227 Å². The summed E-state index contributed by atoms with van der Waals surface area (Å²) in [7, 11) is -3.87. The lowest BCUT2D eigenvalue weighted by Gasteiger charge is -2.23. The van der Waals surface area contributed by atoms with Crippen LogP contribution in [0.5, 0.6) is 0 Å². The van der Waals surface area contributed by atoms with Crippen molar-refractivity contribution in [1.82, 2.24) is 10.3 Å². The zero-order chi connectivity index (χ0) is 27.8. The number of nitrogens with one attached hydrogen (secondary N) is 3. The zero-order valence-corrected chi connectivity index (χ0v) is 23.0. The van der Waals surface area contributed by atoms with E-state index in [9.17, 15) is 17.6 Å². The second kappa shape index (κ2) is 10.5. The minimum atomic E-state index is -3.87. The summed E-state index contributed by atoms with van der Waals surface area (Å²) >= 11 is 0. The molecule has 1 amide bonds. The van der Waals surface area contributed by atoms with E-state index in [1.807, 2.05) is 12.1 Å². The first-order chi connectivity index (χ1) is 18.5. The molecule has 1 fully saturated rings. The van der Waals surface area contributed by atoms with Crippen LogP contribution in [-0.2, 0) is 20.2 Å². The summed E-state index contributed by atoms with van der Waals surface area (Å²) in [6, 6.07) is 17.8. The molecule has 0 bridgehead atoms. The van der Waals surface area contributed by atoms with Crippen LogP contribution >= 0.6 is 0 Å². The highest BCUT2D eigenvalue weighted by Gasteiger charge is 2.24. The van der Waals surface area contributed by atoms with Gasteiger partial charge in [0.05, 0.1) is 4.90 Å². The second-order valence-electron chi connectivity index (χ2n) is 10.9. The van der Waals surface area contributed by atoms with E-state index in [0.717, 1.165) is 5.56 Å². The molecule has 39 heavy (non-hydrogen) atoms. The molecule has 2 heterocycles. The number of aromatic amines is 1.